The van der Waals surface area contributed by atoms with Crippen LogP contribution in [0.2, 0.25) is 5.02 Å². The monoisotopic (exact) mass is 707 g/mol. The van der Waals surface area contributed by atoms with Crippen LogP contribution in [0.3, 0.4) is 0 Å². The Kier molecular flexibility index (Phi) is 12.2. The van der Waals surface area contributed by atoms with Crippen LogP contribution in [0.1, 0.15) is 64.0 Å². The lowest BCUT2D eigenvalue weighted by atomic mass is 9.91. The molecule has 1 saturated heterocycles. The van der Waals surface area contributed by atoms with E-state index in [0.29, 0.717) is 48.5 Å². The predicted molar refractivity (Wildman–Crippen MR) is 186 cm³/mol. The van der Waals surface area contributed by atoms with Crippen molar-refractivity contribution in [2.45, 2.75) is 81.8 Å². The standard InChI is InChI=1S/C36H48ClF2N3O5S/c1-5-8-26-19-28(37)10-12-30(26)27-21-42-15-14-25(6-2)32(45-18-16-41-23-36(38,39)24-41)9-7-17-47-35(3,4)34(43)40-48(44)29-11-13-33(46-22-27)31(42)20-29/h7,9-13,19-20,25,27,32H,5-6,8,14-18,21-24H2,1-4H3,(H,40,43)/b9-7+. The van der Waals surface area contributed by atoms with Crippen LogP contribution in [0.4, 0.5) is 14.5 Å². The Labute approximate surface area is 290 Å². The first kappa shape index (κ1) is 36.7. The minimum Gasteiger partial charge on any atom is -0.491 e. The molecule has 3 heterocycles. The van der Waals surface area contributed by atoms with Gasteiger partial charge < -0.3 is 19.1 Å². The zero-order chi connectivity index (χ0) is 34.5. The van der Waals surface area contributed by atoms with Gasteiger partial charge in [0, 0.05) is 30.6 Å². The van der Waals surface area contributed by atoms with Crippen molar-refractivity contribution in [3.63, 3.8) is 0 Å². The third-order valence-corrected chi connectivity index (χ3v) is 10.7. The van der Waals surface area contributed by atoms with Crippen molar-refractivity contribution in [2.75, 3.05) is 57.4 Å². The van der Waals surface area contributed by atoms with Crippen LogP contribution < -0.4 is 14.4 Å². The molecule has 1 amide bonds. The van der Waals surface area contributed by atoms with Gasteiger partial charge in [-0.3, -0.25) is 14.4 Å². The highest BCUT2D eigenvalue weighted by molar-refractivity contribution is 7.83. The molecule has 4 atom stereocenters. The second-order valence-electron chi connectivity index (χ2n) is 13.5. The highest BCUT2D eigenvalue weighted by Gasteiger charge is 2.43. The van der Waals surface area contributed by atoms with Crippen LogP contribution in [0.15, 0.2) is 53.4 Å². The highest BCUT2D eigenvalue weighted by Crippen LogP contribution is 2.38. The Morgan fingerprint density at radius 1 is 1.15 bits per heavy atom. The second-order valence-corrected chi connectivity index (χ2v) is 15.1. The number of rotatable bonds is 8. The SMILES string of the molecule is CCCc1cc(Cl)ccc1C1COc2ccc3cc2N(CCC(CC)C(OCCN2CC(F)(F)C2)/C=C/COC(C)(C)C(=O)NS3=O)C1. The van der Waals surface area contributed by atoms with E-state index in [1.54, 1.807) is 24.8 Å². The quantitative estimate of drug-likeness (QED) is 0.313. The molecule has 3 aliphatic rings. The van der Waals surface area contributed by atoms with Gasteiger partial charge in [0.15, 0.2) is 11.0 Å². The molecule has 0 spiro atoms. The topological polar surface area (TPSA) is 80.3 Å². The van der Waals surface area contributed by atoms with Gasteiger partial charge in [0.2, 0.25) is 0 Å². The van der Waals surface area contributed by atoms with E-state index >= 15 is 0 Å². The molecule has 1 fully saturated rings. The van der Waals surface area contributed by atoms with Crippen LogP contribution in [0.5, 0.6) is 5.75 Å². The molecule has 8 nitrogen and oxygen atoms in total. The maximum atomic E-state index is 13.4. The van der Waals surface area contributed by atoms with Gasteiger partial charge in [0.1, 0.15) is 11.4 Å². The van der Waals surface area contributed by atoms with Crippen LogP contribution >= 0.6 is 11.6 Å². The molecule has 0 saturated carbocycles. The molecule has 3 aliphatic heterocycles. The molecular formula is C36H48ClF2N3O5S. The molecule has 2 aromatic rings. The van der Waals surface area contributed by atoms with E-state index in [4.69, 9.17) is 25.8 Å². The first-order valence-corrected chi connectivity index (χ1v) is 18.5. The van der Waals surface area contributed by atoms with Crippen molar-refractivity contribution in [2.24, 2.45) is 5.92 Å². The van der Waals surface area contributed by atoms with Crippen LogP contribution in [-0.2, 0) is 31.7 Å². The zero-order valence-corrected chi connectivity index (χ0v) is 29.9. The van der Waals surface area contributed by atoms with Crippen molar-refractivity contribution < 1.29 is 32.0 Å². The summed E-state index contributed by atoms with van der Waals surface area (Å²) in [6.45, 7) is 9.77. The number of aryl methyl sites for hydroxylation is 1. The molecule has 2 aromatic carbocycles. The Morgan fingerprint density at radius 2 is 1.94 bits per heavy atom. The van der Waals surface area contributed by atoms with Crippen molar-refractivity contribution in [3.8, 4) is 5.75 Å². The first-order chi connectivity index (χ1) is 22.9. The minimum absolute atomic E-state index is 0.0510. The largest absolute Gasteiger partial charge is 0.491 e. The van der Waals surface area contributed by atoms with Gasteiger partial charge in [-0.1, -0.05) is 56.5 Å². The van der Waals surface area contributed by atoms with Gasteiger partial charge in [-0.05, 0) is 74.1 Å². The van der Waals surface area contributed by atoms with E-state index in [1.807, 2.05) is 36.4 Å². The molecule has 264 valence electrons. The highest BCUT2D eigenvalue weighted by atomic mass is 35.5. The maximum Gasteiger partial charge on any atom is 0.272 e. The first-order valence-electron chi connectivity index (χ1n) is 16.9. The molecule has 12 heteroatoms. The average Bonchev–Trinajstić information content (AvgIpc) is 3.21. The van der Waals surface area contributed by atoms with E-state index in [-0.39, 0.29) is 37.6 Å². The molecule has 48 heavy (non-hydrogen) atoms. The molecule has 0 aromatic heterocycles. The van der Waals surface area contributed by atoms with Crippen LogP contribution in [-0.4, -0.2) is 85.2 Å². The van der Waals surface area contributed by atoms with Gasteiger partial charge in [0.05, 0.1) is 49.6 Å². The number of nitrogens with zero attached hydrogens (tertiary/aromatic N) is 2. The van der Waals surface area contributed by atoms with E-state index < -0.39 is 28.4 Å². The molecule has 2 bridgehead atoms. The lowest BCUT2D eigenvalue weighted by Crippen LogP contribution is -2.56. The van der Waals surface area contributed by atoms with Gasteiger partial charge >= 0.3 is 0 Å². The second kappa shape index (κ2) is 16.0. The van der Waals surface area contributed by atoms with E-state index in [2.05, 4.69) is 29.5 Å². The summed E-state index contributed by atoms with van der Waals surface area (Å²) in [5, 5.41) is 0.709. The summed E-state index contributed by atoms with van der Waals surface area (Å²) in [4.78, 5) is 17.6. The smallest absolute Gasteiger partial charge is 0.272 e. The van der Waals surface area contributed by atoms with Gasteiger partial charge in [0.25, 0.3) is 11.8 Å². The number of hydrogen-bond donors (Lipinski definition) is 1. The summed E-state index contributed by atoms with van der Waals surface area (Å²) in [7, 11) is -1.82. The van der Waals surface area contributed by atoms with Gasteiger partial charge in [-0.15, -0.1) is 0 Å². The third-order valence-electron chi connectivity index (χ3n) is 9.42. The lowest BCUT2D eigenvalue weighted by Gasteiger charge is -2.39. The van der Waals surface area contributed by atoms with Gasteiger partial charge in [-0.25, -0.2) is 13.0 Å². The summed E-state index contributed by atoms with van der Waals surface area (Å²) in [6, 6.07) is 11.5. The Bertz CT molecular complexity index is 1480. The third kappa shape index (κ3) is 9.15. The number of amides is 1. The summed E-state index contributed by atoms with van der Waals surface area (Å²) in [5.41, 5.74) is 1.97. The number of carbonyl (C=O) groups excluding carboxylic acids is 1. The summed E-state index contributed by atoms with van der Waals surface area (Å²) in [6.07, 6.45) is 7.01. The number of nitrogens with one attached hydrogen (secondary N) is 1. The average molecular weight is 708 g/mol. The number of carbonyl (C=O) groups is 1. The molecule has 1 N–H and O–H groups in total. The number of anilines is 1. The number of halogens is 3. The number of benzene rings is 2. The number of fused-ring (bicyclic) bond motifs is 1. The Balaban J connectivity index is 1.45. The number of hydrogen-bond acceptors (Lipinski definition) is 7. The number of likely N-dealkylation sites (tertiary alicyclic amines) is 1. The van der Waals surface area contributed by atoms with Crippen LogP contribution in [0.25, 0.3) is 0 Å². The minimum atomic E-state index is -2.62. The molecule has 0 aliphatic carbocycles. The Morgan fingerprint density at radius 3 is 2.67 bits per heavy atom. The fraction of sp³-hybridized carbons (Fsp3) is 0.583. The molecule has 5 rings (SSSR count). The predicted octanol–water partition coefficient (Wildman–Crippen LogP) is 6.53. The summed E-state index contributed by atoms with van der Waals surface area (Å²) >= 11 is 6.41. The van der Waals surface area contributed by atoms with E-state index in [0.717, 1.165) is 31.4 Å². The van der Waals surface area contributed by atoms with E-state index in [9.17, 15) is 17.8 Å². The molecular weight excluding hydrogens is 660 g/mol. The summed E-state index contributed by atoms with van der Waals surface area (Å²) < 4.78 is 61.6. The molecule has 4 unspecified atom stereocenters. The fourth-order valence-electron chi connectivity index (χ4n) is 6.58. The molecule has 0 radical (unpaired) electrons. The van der Waals surface area contributed by atoms with Crippen molar-refractivity contribution in [1.82, 2.24) is 9.62 Å². The fourth-order valence-corrected chi connectivity index (χ4v) is 7.72. The van der Waals surface area contributed by atoms with Crippen molar-refractivity contribution in [1.29, 1.82) is 0 Å². The van der Waals surface area contributed by atoms with Crippen molar-refractivity contribution in [3.05, 3.63) is 64.7 Å². The number of ether oxygens (including phenoxy) is 3. The lowest BCUT2D eigenvalue weighted by molar-refractivity contribution is -0.139. The van der Waals surface area contributed by atoms with Crippen LogP contribution in [0, 0.1) is 5.92 Å². The van der Waals surface area contributed by atoms with Crippen molar-refractivity contribution >= 4 is 34.2 Å². The Hall–Kier alpha value is -2.57. The normalized spacial score (nSPS) is 26.9. The summed E-state index contributed by atoms with van der Waals surface area (Å²) in [5.74, 6) is -2.27. The van der Waals surface area contributed by atoms with Gasteiger partial charge in [-0.2, -0.15) is 0 Å². The number of alkyl halides is 2. The zero-order valence-electron chi connectivity index (χ0n) is 28.3. The van der Waals surface area contributed by atoms with E-state index in [1.165, 1.54) is 11.1 Å². The maximum absolute atomic E-state index is 13.4.